The highest BCUT2D eigenvalue weighted by Crippen LogP contribution is 2.31. The second-order valence-electron chi connectivity index (χ2n) is 6.66. The number of hydrogen-bond donors (Lipinski definition) is 2. The Morgan fingerprint density at radius 3 is 1.93 bits per heavy atom. The largest absolute Gasteiger partial charge is 0.507 e. The molecule has 0 amide bonds. The Labute approximate surface area is 174 Å². The molecule has 2 N–H and O–H groups in total. The fraction of sp³-hybridized carbons (Fsp3) is 0. The van der Waals surface area contributed by atoms with Crippen molar-refractivity contribution in [2.24, 2.45) is 4.99 Å². The normalized spacial score (nSPS) is 12.7. The maximum absolute atomic E-state index is 11.3. The lowest BCUT2D eigenvalue weighted by atomic mass is 10.1. The molecule has 0 aliphatic heterocycles. The monoisotopic (exact) mass is 393 g/mol. The number of hydrogen-bond acceptors (Lipinski definition) is 4. The van der Waals surface area contributed by atoms with E-state index in [4.69, 9.17) is 5.41 Å². The molecule has 0 saturated carbocycles. The summed E-state index contributed by atoms with van der Waals surface area (Å²) in [6, 6.07) is 24.0. The molecule has 0 heterocycles. The van der Waals surface area contributed by atoms with Crippen LogP contribution in [0.25, 0.3) is 0 Å². The Bertz CT molecular complexity index is 1120. The number of para-hydroxylation sites is 2. The van der Waals surface area contributed by atoms with E-state index in [9.17, 15) is 9.90 Å². The van der Waals surface area contributed by atoms with Crippen molar-refractivity contribution >= 4 is 34.4 Å². The number of aliphatic imine (C=N–C) groups is 1. The van der Waals surface area contributed by atoms with Crippen molar-refractivity contribution in [3.8, 4) is 5.75 Å². The zero-order chi connectivity index (χ0) is 20.9. The Hall–Kier alpha value is -4.25. The van der Waals surface area contributed by atoms with Gasteiger partial charge < -0.3 is 5.11 Å². The van der Waals surface area contributed by atoms with Crippen molar-refractivity contribution in [1.82, 2.24) is 0 Å². The summed E-state index contributed by atoms with van der Waals surface area (Å²) in [5.41, 5.74) is 3.17. The second kappa shape index (κ2) is 8.41. The fourth-order valence-corrected chi connectivity index (χ4v) is 3.13. The maximum atomic E-state index is 11.3. The number of phenolic OH excluding ortho intramolecular Hbond substituents is 1. The number of amidine groups is 1. The predicted molar refractivity (Wildman–Crippen MR) is 120 cm³/mol. The number of carbonyl (C=O) groups excluding carboxylic acids is 1. The lowest BCUT2D eigenvalue weighted by molar-refractivity contribution is -0.110. The number of carbonyl (C=O) groups is 1. The standard InChI is InChI=1S/C25H19N3O2/c26-25(28(20-7-3-1-4-8-20)21-9-5-2-6-10-21)23-17-19(13-16-24(23)30)27-18-11-14-22(29)15-12-18/h1-17,26,30H. The number of phenols is 1. The van der Waals surface area contributed by atoms with Gasteiger partial charge in [0.1, 0.15) is 11.6 Å². The minimum Gasteiger partial charge on any atom is -0.507 e. The van der Waals surface area contributed by atoms with Crippen molar-refractivity contribution in [3.05, 3.63) is 109 Å². The highest BCUT2D eigenvalue weighted by atomic mass is 16.3. The van der Waals surface area contributed by atoms with Gasteiger partial charge in [-0.05, 0) is 66.8 Å². The molecule has 30 heavy (non-hydrogen) atoms. The van der Waals surface area contributed by atoms with Gasteiger partial charge in [0.2, 0.25) is 0 Å². The first-order valence-electron chi connectivity index (χ1n) is 9.43. The quantitative estimate of drug-likeness (QED) is 0.358. The van der Waals surface area contributed by atoms with Gasteiger partial charge in [-0.15, -0.1) is 0 Å². The molecule has 1 aliphatic carbocycles. The molecule has 0 spiro atoms. The molecule has 5 heteroatoms. The molecule has 0 bridgehead atoms. The van der Waals surface area contributed by atoms with Gasteiger partial charge in [-0.1, -0.05) is 36.4 Å². The molecule has 0 radical (unpaired) electrons. The van der Waals surface area contributed by atoms with Gasteiger partial charge in [-0.25, -0.2) is 4.99 Å². The Morgan fingerprint density at radius 1 is 0.800 bits per heavy atom. The van der Waals surface area contributed by atoms with E-state index in [1.807, 2.05) is 60.7 Å². The SMILES string of the molecule is N=C(c1cc(N=C2C=CC(=O)C=C2)ccc1O)N(c1ccccc1)c1ccccc1. The Kier molecular flexibility index (Phi) is 5.35. The van der Waals surface area contributed by atoms with E-state index in [-0.39, 0.29) is 17.4 Å². The number of nitrogens with zero attached hydrogens (tertiary/aromatic N) is 2. The van der Waals surface area contributed by atoms with Gasteiger partial charge >= 0.3 is 0 Å². The number of ketones is 1. The summed E-state index contributed by atoms with van der Waals surface area (Å²) in [6.07, 6.45) is 6.18. The van der Waals surface area contributed by atoms with Crippen molar-refractivity contribution in [2.45, 2.75) is 0 Å². The van der Waals surface area contributed by atoms with Crippen LogP contribution in [-0.2, 0) is 4.79 Å². The first-order chi connectivity index (χ1) is 14.6. The zero-order valence-corrected chi connectivity index (χ0v) is 16.1. The van der Waals surface area contributed by atoms with Gasteiger partial charge in [0.25, 0.3) is 0 Å². The Morgan fingerprint density at radius 2 is 1.37 bits per heavy atom. The lowest BCUT2D eigenvalue weighted by Crippen LogP contribution is -2.26. The molecule has 5 nitrogen and oxygen atoms in total. The molecule has 0 atom stereocenters. The minimum atomic E-state index is -0.0801. The van der Waals surface area contributed by atoms with Crippen molar-refractivity contribution < 1.29 is 9.90 Å². The van der Waals surface area contributed by atoms with Crippen molar-refractivity contribution in [2.75, 3.05) is 4.90 Å². The minimum absolute atomic E-state index is 0.00859. The van der Waals surface area contributed by atoms with E-state index in [1.54, 1.807) is 29.2 Å². The summed E-state index contributed by atoms with van der Waals surface area (Å²) in [7, 11) is 0. The molecule has 1 aliphatic rings. The second-order valence-corrected chi connectivity index (χ2v) is 6.66. The van der Waals surface area contributed by atoms with E-state index in [0.29, 0.717) is 17.0 Å². The summed E-state index contributed by atoms with van der Waals surface area (Å²) < 4.78 is 0. The van der Waals surface area contributed by atoms with E-state index < -0.39 is 0 Å². The van der Waals surface area contributed by atoms with E-state index in [2.05, 4.69) is 4.99 Å². The number of nitrogens with one attached hydrogen (secondary N) is 1. The summed E-state index contributed by atoms with van der Waals surface area (Å²) in [5.74, 6) is 0.0334. The predicted octanol–water partition coefficient (Wildman–Crippen LogP) is 5.32. The van der Waals surface area contributed by atoms with Gasteiger partial charge in [-0.2, -0.15) is 0 Å². The number of benzene rings is 3. The fourth-order valence-electron chi connectivity index (χ4n) is 3.13. The van der Waals surface area contributed by atoms with Crippen LogP contribution < -0.4 is 4.90 Å². The summed E-state index contributed by atoms with van der Waals surface area (Å²) >= 11 is 0. The van der Waals surface area contributed by atoms with Crippen LogP contribution >= 0.6 is 0 Å². The third-order valence-corrected chi connectivity index (χ3v) is 4.58. The number of aromatic hydroxyl groups is 1. The molecule has 3 aromatic rings. The van der Waals surface area contributed by atoms with Crippen LogP contribution in [0.4, 0.5) is 17.1 Å². The molecular formula is C25H19N3O2. The molecule has 4 rings (SSSR count). The van der Waals surface area contributed by atoms with Crippen LogP contribution in [-0.4, -0.2) is 22.4 Å². The zero-order valence-electron chi connectivity index (χ0n) is 16.1. The highest BCUT2D eigenvalue weighted by molar-refractivity contribution is 6.17. The van der Waals surface area contributed by atoms with Gasteiger partial charge in [-0.3, -0.25) is 15.1 Å². The molecule has 146 valence electrons. The average molecular weight is 393 g/mol. The van der Waals surface area contributed by atoms with Gasteiger partial charge in [0, 0.05) is 11.4 Å². The molecule has 0 fully saturated rings. The highest BCUT2D eigenvalue weighted by Gasteiger charge is 2.19. The molecular weight excluding hydrogens is 374 g/mol. The topological polar surface area (TPSA) is 76.8 Å². The van der Waals surface area contributed by atoms with Crippen molar-refractivity contribution in [3.63, 3.8) is 0 Å². The lowest BCUT2D eigenvalue weighted by Gasteiger charge is -2.26. The molecule has 3 aromatic carbocycles. The number of rotatable bonds is 4. The average Bonchev–Trinajstić information content (AvgIpc) is 2.78. The van der Waals surface area contributed by atoms with Crippen LogP contribution in [0, 0.1) is 5.41 Å². The first-order valence-corrected chi connectivity index (χ1v) is 9.43. The summed E-state index contributed by atoms with van der Waals surface area (Å²) in [5, 5.41) is 19.4. The van der Waals surface area contributed by atoms with Crippen LogP contribution in [0.3, 0.4) is 0 Å². The Balaban J connectivity index is 1.75. The van der Waals surface area contributed by atoms with Gasteiger partial charge in [0.15, 0.2) is 5.78 Å². The molecule has 0 aromatic heterocycles. The van der Waals surface area contributed by atoms with E-state index >= 15 is 0 Å². The molecule has 0 unspecified atom stereocenters. The third-order valence-electron chi connectivity index (χ3n) is 4.58. The number of anilines is 2. The van der Waals surface area contributed by atoms with E-state index in [1.165, 1.54) is 18.2 Å². The molecule has 0 saturated heterocycles. The van der Waals surface area contributed by atoms with Crippen LogP contribution in [0.1, 0.15) is 5.56 Å². The summed E-state index contributed by atoms with van der Waals surface area (Å²) in [4.78, 5) is 17.6. The van der Waals surface area contributed by atoms with Gasteiger partial charge in [0.05, 0.1) is 17.0 Å². The smallest absolute Gasteiger partial charge is 0.178 e. The van der Waals surface area contributed by atoms with Crippen LogP contribution in [0.15, 0.2) is 108 Å². The van der Waals surface area contributed by atoms with Crippen LogP contribution in [0.5, 0.6) is 5.75 Å². The first kappa shape index (κ1) is 19.1. The van der Waals surface area contributed by atoms with Crippen LogP contribution in [0.2, 0.25) is 0 Å². The maximum Gasteiger partial charge on any atom is 0.178 e. The van der Waals surface area contributed by atoms with Crippen molar-refractivity contribution in [1.29, 1.82) is 5.41 Å². The third kappa shape index (κ3) is 4.10. The summed E-state index contributed by atoms with van der Waals surface area (Å²) in [6.45, 7) is 0. The van der Waals surface area contributed by atoms with E-state index in [0.717, 1.165) is 11.4 Å². The number of allylic oxidation sites excluding steroid dienone is 4.